The van der Waals surface area contributed by atoms with E-state index in [0.717, 1.165) is 50.7 Å². The molecule has 2 aromatic rings. The van der Waals surface area contributed by atoms with Crippen molar-refractivity contribution in [1.82, 2.24) is 4.90 Å². The highest BCUT2D eigenvalue weighted by atomic mass is 35.5. The van der Waals surface area contributed by atoms with E-state index in [1.807, 2.05) is 12.1 Å². The molecule has 1 heterocycles. The number of carbonyl (C=O) groups excluding carboxylic acids is 1. The molecule has 0 aromatic heterocycles. The molecule has 0 radical (unpaired) electrons. The Labute approximate surface area is 178 Å². The van der Waals surface area contributed by atoms with Gasteiger partial charge >= 0.3 is 0 Å². The fourth-order valence-electron chi connectivity index (χ4n) is 3.80. The highest BCUT2D eigenvalue weighted by molar-refractivity contribution is 7.92. The fourth-order valence-corrected chi connectivity index (χ4v) is 4.48. The highest BCUT2D eigenvalue weighted by Gasteiger charge is 2.21. The Morgan fingerprint density at radius 1 is 1.14 bits per heavy atom. The second kappa shape index (κ2) is 9.74. The molecule has 0 spiro atoms. The van der Waals surface area contributed by atoms with Crippen LogP contribution in [0.5, 0.6) is 0 Å². The number of rotatable bonds is 8. The molecule has 1 saturated heterocycles. The minimum atomic E-state index is -3.27. The number of nitrogens with one attached hydrogen (secondary N) is 1. The van der Waals surface area contributed by atoms with Gasteiger partial charge in [0.15, 0.2) is 5.78 Å². The zero-order chi connectivity index (χ0) is 20.9. The van der Waals surface area contributed by atoms with Gasteiger partial charge in [0.05, 0.1) is 6.26 Å². The summed E-state index contributed by atoms with van der Waals surface area (Å²) in [5, 5.41) is 0.641. The Balaban J connectivity index is 1.44. The van der Waals surface area contributed by atoms with Crippen LogP contribution in [0.15, 0.2) is 48.5 Å². The van der Waals surface area contributed by atoms with Crippen molar-refractivity contribution in [2.75, 3.05) is 30.6 Å². The summed E-state index contributed by atoms with van der Waals surface area (Å²) in [5.41, 5.74) is 2.51. The smallest absolute Gasteiger partial charge is 0.229 e. The van der Waals surface area contributed by atoms with Gasteiger partial charge in [0.1, 0.15) is 0 Å². The van der Waals surface area contributed by atoms with Crippen molar-refractivity contribution in [3.63, 3.8) is 0 Å². The molecule has 0 bridgehead atoms. The Morgan fingerprint density at radius 3 is 2.48 bits per heavy atom. The van der Waals surface area contributed by atoms with Crippen LogP contribution in [0.1, 0.15) is 47.5 Å². The van der Waals surface area contributed by atoms with Crippen molar-refractivity contribution in [2.45, 2.75) is 31.6 Å². The van der Waals surface area contributed by atoms with Gasteiger partial charge in [0.25, 0.3) is 0 Å². The molecule has 156 valence electrons. The van der Waals surface area contributed by atoms with Gasteiger partial charge in [-0.05, 0) is 86.8 Å². The molecule has 1 aliphatic rings. The van der Waals surface area contributed by atoms with Crippen LogP contribution in [0.4, 0.5) is 5.69 Å². The van der Waals surface area contributed by atoms with E-state index in [1.54, 1.807) is 30.3 Å². The maximum Gasteiger partial charge on any atom is 0.229 e. The second-order valence-corrected chi connectivity index (χ2v) is 9.83. The number of benzene rings is 2. The van der Waals surface area contributed by atoms with Gasteiger partial charge in [-0.3, -0.25) is 9.52 Å². The number of halogens is 1. The SMILES string of the molecule is CS(=O)(=O)Nc1cccc(C2CCN(CCCC(=O)c3ccc(Cl)cc3)CC2)c1. The number of hydrogen-bond acceptors (Lipinski definition) is 4. The molecule has 0 unspecified atom stereocenters. The molecular formula is C22H27ClN2O3S. The highest BCUT2D eigenvalue weighted by Crippen LogP contribution is 2.29. The zero-order valence-electron chi connectivity index (χ0n) is 16.6. The number of anilines is 1. The van der Waals surface area contributed by atoms with E-state index < -0.39 is 10.0 Å². The fraction of sp³-hybridized carbons (Fsp3) is 0.409. The normalized spacial score (nSPS) is 15.9. The number of carbonyl (C=O) groups is 1. The van der Waals surface area contributed by atoms with Crippen LogP contribution in [-0.2, 0) is 10.0 Å². The molecule has 1 N–H and O–H groups in total. The lowest BCUT2D eigenvalue weighted by Gasteiger charge is -2.32. The van der Waals surface area contributed by atoms with Gasteiger partial charge < -0.3 is 4.90 Å². The van der Waals surface area contributed by atoms with Gasteiger partial charge in [0.2, 0.25) is 10.0 Å². The molecule has 2 aromatic carbocycles. The topological polar surface area (TPSA) is 66.5 Å². The van der Waals surface area contributed by atoms with Crippen molar-refractivity contribution in [1.29, 1.82) is 0 Å². The van der Waals surface area contributed by atoms with E-state index in [9.17, 15) is 13.2 Å². The molecule has 0 atom stereocenters. The average molecular weight is 435 g/mol. The molecule has 0 amide bonds. The van der Waals surface area contributed by atoms with Crippen molar-refractivity contribution in [2.24, 2.45) is 0 Å². The standard InChI is InChI=1S/C22H27ClN2O3S/c1-29(27,28)24-21-5-2-4-19(16-21)17-11-14-25(15-12-17)13-3-6-22(26)18-7-9-20(23)10-8-18/h2,4-5,7-10,16-17,24H,3,6,11-15H2,1H3. The molecule has 5 nitrogen and oxygen atoms in total. The quantitative estimate of drug-likeness (QED) is 0.619. The van der Waals surface area contributed by atoms with E-state index in [0.29, 0.717) is 23.0 Å². The largest absolute Gasteiger partial charge is 0.303 e. The first kappa shape index (κ1) is 21.8. The van der Waals surface area contributed by atoms with E-state index in [-0.39, 0.29) is 5.78 Å². The third kappa shape index (κ3) is 6.84. The maximum atomic E-state index is 12.3. The molecule has 7 heteroatoms. The summed E-state index contributed by atoms with van der Waals surface area (Å²) in [5.74, 6) is 0.593. The number of sulfonamides is 1. The van der Waals surface area contributed by atoms with Crippen LogP contribution >= 0.6 is 11.6 Å². The first-order valence-electron chi connectivity index (χ1n) is 9.89. The first-order valence-corrected chi connectivity index (χ1v) is 12.2. The second-order valence-electron chi connectivity index (χ2n) is 7.65. The summed E-state index contributed by atoms with van der Waals surface area (Å²) in [6, 6.07) is 14.7. The monoisotopic (exact) mass is 434 g/mol. The van der Waals surface area contributed by atoms with Crippen LogP contribution in [0.2, 0.25) is 5.02 Å². The van der Waals surface area contributed by atoms with Gasteiger partial charge in [-0.25, -0.2) is 8.42 Å². The Hall–Kier alpha value is -1.89. The number of likely N-dealkylation sites (tertiary alicyclic amines) is 1. The predicted molar refractivity (Wildman–Crippen MR) is 118 cm³/mol. The lowest BCUT2D eigenvalue weighted by atomic mass is 9.89. The summed E-state index contributed by atoms with van der Waals surface area (Å²) >= 11 is 5.87. The summed E-state index contributed by atoms with van der Waals surface area (Å²) in [4.78, 5) is 14.7. The molecular weight excluding hydrogens is 408 g/mol. The minimum absolute atomic E-state index is 0.159. The third-order valence-corrected chi connectivity index (χ3v) is 6.15. The molecule has 0 aliphatic carbocycles. The summed E-state index contributed by atoms with van der Waals surface area (Å²) in [7, 11) is -3.27. The molecule has 29 heavy (non-hydrogen) atoms. The number of ketones is 1. The summed E-state index contributed by atoms with van der Waals surface area (Å²) in [6.45, 7) is 2.90. The van der Waals surface area contributed by atoms with Crippen molar-refractivity contribution < 1.29 is 13.2 Å². The van der Waals surface area contributed by atoms with Crippen LogP contribution in [0.3, 0.4) is 0 Å². The Bertz CT molecular complexity index is 937. The van der Waals surface area contributed by atoms with Crippen LogP contribution in [0.25, 0.3) is 0 Å². The van der Waals surface area contributed by atoms with Crippen LogP contribution in [0, 0.1) is 0 Å². The third-order valence-electron chi connectivity index (χ3n) is 5.29. The first-order chi connectivity index (χ1) is 13.8. The lowest BCUT2D eigenvalue weighted by molar-refractivity contribution is 0.0972. The zero-order valence-corrected chi connectivity index (χ0v) is 18.2. The van der Waals surface area contributed by atoms with Gasteiger partial charge in [0, 0.05) is 22.7 Å². The molecule has 0 saturated carbocycles. The number of hydrogen-bond donors (Lipinski definition) is 1. The average Bonchev–Trinajstić information content (AvgIpc) is 2.68. The van der Waals surface area contributed by atoms with Crippen molar-refractivity contribution in [3.05, 3.63) is 64.7 Å². The van der Waals surface area contributed by atoms with Crippen LogP contribution in [-0.4, -0.2) is 45.0 Å². The minimum Gasteiger partial charge on any atom is -0.303 e. The van der Waals surface area contributed by atoms with E-state index in [2.05, 4.69) is 15.7 Å². The van der Waals surface area contributed by atoms with E-state index >= 15 is 0 Å². The lowest BCUT2D eigenvalue weighted by Crippen LogP contribution is -2.33. The number of nitrogens with zero attached hydrogens (tertiary/aromatic N) is 1. The summed E-state index contributed by atoms with van der Waals surface area (Å²) in [6.07, 6.45) is 4.62. The Morgan fingerprint density at radius 2 is 1.83 bits per heavy atom. The molecule has 1 aliphatic heterocycles. The predicted octanol–water partition coefficient (Wildman–Crippen LogP) is 4.55. The van der Waals surface area contributed by atoms with Gasteiger partial charge in [-0.15, -0.1) is 0 Å². The number of piperidine rings is 1. The van der Waals surface area contributed by atoms with E-state index in [4.69, 9.17) is 11.6 Å². The molecule has 1 fully saturated rings. The van der Waals surface area contributed by atoms with E-state index in [1.165, 1.54) is 5.56 Å². The number of Topliss-reactive ketones (excluding diaryl/α,β-unsaturated/α-hetero) is 1. The maximum absolute atomic E-state index is 12.3. The van der Waals surface area contributed by atoms with Crippen LogP contribution < -0.4 is 4.72 Å². The molecule has 3 rings (SSSR count). The Kier molecular flexibility index (Phi) is 7.33. The van der Waals surface area contributed by atoms with Crippen molar-refractivity contribution >= 4 is 33.1 Å². The van der Waals surface area contributed by atoms with Gasteiger partial charge in [-0.1, -0.05) is 23.7 Å². The van der Waals surface area contributed by atoms with Gasteiger partial charge in [-0.2, -0.15) is 0 Å². The summed E-state index contributed by atoms with van der Waals surface area (Å²) < 4.78 is 25.4. The van der Waals surface area contributed by atoms with Crippen molar-refractivity contribution in [3.8, 4) is 0 Å².